The smallest absolute Gasteiger partial charge is 0.321 e. The second-order valence-corrected chi connectivity index (χ2v) is 8.29. The van der Waals surface area contributed by atoms with Crippen molar-refractivity contribution in [1.82, 2.24) is 9.21 Å². The SMILES string of the molecule is CN(CC(=O)OCCN1C(=O)c2ccccc2C1=O)S(=O)(=O)c1ccc(F)cc1. The van der Waals surface area contributed by atoms with Gasteiger partial charge in [0.05, 0.1) is 22.6 Å². The molecule has 0 radical (unpaired) electrons. The number of carbonyl (C=O) groups is 3. The number of amides is 2. The number of ether oxygens (including phenoxy) is 1. The average molecular weight is 420 g/mol. The van der Waals surface area contributed by atoms with E-state index in [4.69, 9.17) is 4.74 Å². The van der Waals surface area contributed by atoms with Crippen LogP contribution < -0.4 is 0 Å². The summed E-state index contributed by atoms with van der Waals surface area (Å²) in [6.07, 6.45) is 0. The van der Waals surface area contributed by atoms with Gasteiger partial charge in [0, 0.05) is 7.05 Å². The minimum absolute atomic E-state index is 0.146. The first kappa shape index (κ1) is 20.6. The molecule has 0 N–H and O–H groups in total. The van der Waals surface area contributed by atoms with Crippen LogP contribution in [0, 0.1) is 5.82 Å². The summed E-state index contributed by atoms with van der Waals surface area (Å²) in [6.45, 7) is -0.997. The van der Waals surface area contributed by atoms with Crippen LogP contribution in [0.3, 0.4) is 0 Å². The molecule has 1 aliphatic rings. The van der Waals surface area contributed by atoms with Gasteiger partial charge in [-0.25, -0.2) is 12.8 Å². The molecule has 1 aliphatic heterocycles. The minimum Gasteiger partial charge on any atom is -0.463 e. The topological polar surface area (TPSA) is 101 Å². The van der Waals surface area contributed by atoms with E-state index >= 15 is 0 Å². The molecule has 0 spiro atoms. The van der Waals surface area contributed by atoms with E-state index in [-0.39, 0.29) is 29.2 Å². The Kier molecular flexibility index (Phi) is 5.76. The second kappa shape index (κ2) is 8.10. The van der Waals surface area contributed by atoms with Gasteiger partial charge >= 0.3 is 5.97 Å². The number of rotatable bonds is 7. The Morgan fingerprint density at radius 1 is 1.03 bits per heavy atom. The Bertz CT molecular complexity index is 1030. The van der Waals surface area contributed by atoms with Gasteiger partial charge < -0.3 is 4.74 Å². The summed E-state index contributed by atoms with van der Waals surface area (Å²) in [7, 11) is -2.81. The summed E-state index contributed by atoms with van der Waals surface area (Å²) >= 11 is 0. The van der Waals surface area contributed by atoms with Crippen molar-refractivity contribution in [2.24, 2.45) is 0 Å². The predicted molar refractivity (Wildman–Crippen MR) is 99.0 cm³/mol. The highest BCUT2D eigenvalue weighted by molar-refractivity contribution is 7.89. The molecule has 152 valence electrons. The van der Waals surface area contributed by atoms with Crippen molar-refractivity contribution in [3.8, 4) is 0 Å². The quantitative estimate of drug-likeness (QED) is 0.494. The molecule has 0 bridgehead atoms. The number of imide groups is 1. The number of hydrogen-bond acceptors (Lipinski definition) is 6. The molecule has 0 aliphatic carbocycles. The number of nitrogens with zero attached hydrogens (tertiary/aromatic N) is 2. The standard InChI is InChI=1S/C19H17FN2O6S/c1-21(29(26,27)14-8-6-13(20)7-9-14)12-17(23)28-11-10-22-18(24)15-4-2-3-5-16(15)19(22)25/h2-9H,10-12H2,1H3. The van der Waals surface area contributed by atoms with Crippen LogP contribution >= 0.6 is 0 Å². The van der Waals surface area contributed by atoms with Crippen molar-refractivity contribution in [2.45, 2.75) is 4.90 Å². The van der Waals surface area contributed by atoms with Crippen LogP contribution in [0.15, 0.2) is 53.4 Å². The van der Waals surface area contributed by atoms with E-state index < -0.39 is 40.2 Å². The summed E-state index contributed by atoms with van der Waals surface area (Å²) in [4.78, 5) is 37.2. The van der Waals surface area contributed by atoms with Crippen molar-refractivity contribution in [1.29, 1.82) is 0 Å². The largest absolute Gasteiger partial charge is 0.463 e. The molecule has 29 heavy (non-hydrogen) atoms. The van der Waals surface area contributed by atoms with Crippen molar-refractivity contribution in [3.05, 3.63) is 65.5 Å². The molecule has 8 nitrogen and oxygen atoms in total. The monoisotopic (exact) mass is 420 g/mol. The number of halogens is 1. The molecule has 0 fully saturated rings. The van der Waals surface area contributed by atoms with Gasteiger partial charge in [0.2, 0.25) is 10.0 Å². The summed E-state index contributed by atoms with van der Waals surface area (Å²) in [5.74, 6) is -2.38. The molecule has 1 heterocycles. The van der Waals surface area contributed by atoms with Crippen molar-refractivity contribution < 1.29 is 31.9 Å². The number of benzene rings is 2. The Balaban J connectivity index is 1.53. The van der Waals surface area contributed by atoms with E-state index in [0.717, 1.165) is 33.5 Å². The fourth-order valence-electron chi connectivity index (χ4n) is 2.79. The van der Waals surface area contributed by atoms with Crippen LogP contribution in [0.25, 0.3) is 0 Å². The molecule has 0 aromatic heterocycles. The van der Waals surface area contributed by atoms with Gasteiger partial charge in [0.1, 0.15) is 19.0 Å². The molecular formula is C19H17FN2O6S. The number of hydrogen-bond donors (Lipinski definition) is 0. The molecule has 10 heteroatoms. The molecule has 0 unspecified atom stereocenters. The highest BCUT2D eigenvalue weighted by Crippen LogP contribution is 2.22. The maximum atomic E-state index is 13.0. The van der Waals surface area contributed by atoms with Gasteiger partial charge in [0.15, 0.2) is 0 Å². The molecule has 0 atom stereocenters. The van der Waals surface area contributed by atoms with Gasteiger partial charge in [-0.3, -0.25) is 19.3 Å². The molecular weight excluding hydrogens is 403 g/mol. The van der Waals surface area contributed by atoms with Crippen LogP contribution in [0.5, 0.6) is 0 Å². The fourth-order valence-corrected chi connectivity index (χ4v) is 3.91. The Morgan fingerprint density at radius 2 is 1.59 bits per heavy atom. The zero-order valence-electron chi connectivity index (χ0n) is 15.4. The minimum atomic E-state index is -4.00. The number of carbonyl (C=O) groups excluding carboxylic acids is 3. The maximum Gasteiger partial charge on any atom is 0.321 e. The lowest BCUT2D eigenvalue weighted by atomic mass is 10.1. The average Bonchev–Trinajstić information content (AvgIpc) is 2.93. The molecule has 2 aromatic carbocycles. The molecule has 2 aromatic rings. The third kappa shape index (κ3) is 4.17. The normalized spacial score (nSPS) is 13.7. The Labute approximate surface area is 166 Å². The first-order valence-electron chi connectivity index (χ1n) is 8.54. The van der Waals surface area contributed by atoms with Crippen molar-refractivity contribution >= 4 is 27.8 Å². The molecule has 0 saturated heterocycles. The third-order valence-electron chi connectivity index (χ3n) is 4.33. The van der Waals surface area contributed by atoms with Gasteiger partial charge in [-0.15, -0.1) is 0 Å². The van der Waals surface area contributed by atoms with E-state index in [1.54, 1.807) is 12.1 Å². The van der Waals surface area contributed by atoms with Crippen LogP contribution in [0.2, 0.25) is 0 Å². The van der Waals surface area contributed by atoms with E-state index in [2.05, 4.69) is 0 Å². The first-order chi connectivity index (χ1) is 13.7. The van der Waals surface area contributed by atoms with Gasteiger partial charge in [-0.2, -0.15) is 4.31 Å². The lowest BCUT2D eigenvalue weighted by Crippen LogP contribution is -2.36. The highest BCUT2D eigenvalue weighted by Gasteiger charge is 2.35. The zero-order chi connectivity index (χ0) is 21.2. The van der Waals surface area contributed by atoms with Crippen LogP contribution in [-0.2, 0) is 19.6 Å². The van der Waals surface area contributed by atoms with Gasteiger partial charge in [-0.1, -0.05) is 12.1 Å². The van der Waals surface area contributed by atoms with Crippen molar-refractivity contribution in [2.75, 3.05) is 26.7 Å². The van der Waals surface area contributed by atoms with Crippen LogP contribution in [-0.4, -0.2) is 62.2 Å². The number of fused-ring (bicyclic) bond motifs is 1. The van der Waals surface area contributed by atoms with Crippen molar-refractivity contribution in [3.63, 3.8) is 0 Å². The van der Waals surface area contributed by atoms with E-state index in [1.165, 1.54) is 19.2 Å². The maximum absolute atomic E-state index is 13.0. The highest BCUT2D eigenvalue weighted by atomic mass is 32.2. The molecule has 2 amide bonds. The van der Waals surface area contributed by atoms with Gasteiger partial charge in [-0.05, 0) is 36.4 Å². The lowest BCUT2D eigenvalue weighted by molar-refractivity contribution is -0.143. The fraction of sp³-hybridized carbons (Fsp3) is 0.211. The zero-order valence-corrected chi connectivity index (χ0v) is 16.2. The first-order valence-corrected chi connectivity index (χ1v) is 9.98. The third-order valence-corrected chi connectivity index (χ3v) is 6.15. The van der Waals surface area contributed by atoms with E-state index in [1.807, 2.05) is 0 Å². The van der Waals surface area contributed by atoms with Gasteiger partial charge in [0.25, 0.3) is 11.8 Å². The predicted octanol–water partition coefficient (Wildman–Crippen LogP) is 1.29. The Morgan fingerprint density at radius 3 is 2.14 bits per heavy atom. The molecule has 0 saturated carbocycles. The Hall–Kier alpha value is -3.11. The van der Waals surface area contributed by atoms with Crippen LogP contribution in [0.4, 0.5) is 4.39 Å². The summed E-state index contributed by atoms with van der Waals surface area (Å²) in [5, 5.41) is 0. The second-order valence-electron chi connectivity index (χ2n) is 6.24. The summed E-state index contributed by atoms with van der Waals surface area (Å²) in [5.41, 5.74) is 0.572. The molecule has 3 rings (SSSR count). The summed E-state index contributed by atoms with van der Waals surface area (Å²) in [6, 6.07) is 10.6. The number of esters is 1. The lowest BCUT2D eigenvalue weighted by Gasteiger charge is -2.17. The summed E-state index contributed by atoms with van der Waals surface area (Å²) < 4.78 is 43.4. The number of sulfonamides is 1. The number of likely N-dealkylation sites (N-methyl/N-ethyl adjacent to an activating group) is 1. The van der Waals surface area contributed by atoms with E-state index in [9.17, 15) is 27.2 Å². The van der Waals surface area contributed by atoms with Crippen LogP contribution in [0.1, 0.15) is 20.7 Å². The van der Waals surface area contributed by atoms with E-state index in [0.29, 0.717) is 0 Å².